The van der Waals surface area contributed by atoms with Gasteiger partial charge in [0.15, 0.2) is 5.13 Å². The molecule has 1 aromatic carbocycles. The maximum Gasteiger partial charge on any atom is 0.265 e. The van der Waals surface area contributed by atoms with Crippen molar-refractivity contribution in [2.75, 3.05) is 5.32 Å². The van der Waals surface area contributed by atoms with Crippen molar-refractivity contribution in [1.82, 2.24) is 15.0 Å². The molecule has 0 spiro atoms. The molecular formula is C20H17N5O3S2. The number of primary amides is 1. The first kappa shape index (κ1) is 19.8. The maximum absolute atomic E-state index is 12.6. The molecule has 0 saturated carbocycles. The first-order valence-electron chi connectivity index (χ1n) is 8.87. The number of anilines is 1. The van der Waals surface area contributed by atoms with E-state index in [1.807, 2.05) is 12.3 Å². The summed E-state index contributed by atoms with van der Waals surface area (Å²) >= 11 is 2.85. The van der Waals surface area contributed by atoms with Crippen LogP contribution in [-0.4, -0.2) is 26.8 Å². The number of benzene rings is 1. The Kier molecular flexibility index (Phi) is 5.59. The summed E-state index contributed by atoms with van der Waals surface area (Å²) in [6.45, 7) is 2.28. The largest absolute Gasteiger partial charge is 0.487 e. The Bertz CT molecular complexity index is 1210. The Balaban J connectivity index is 1.41. The zero-order valence-electron chi connectivity index (χ0n) is 15.8. The van der Waals surface area contributed by atoms with Crippen LogP contribution in [0.5, 0.6) is 5.75 Å². The molecule has 4 aromatic rings. The Hall–Kier alpha value is -3.50. The Labute approximate surface area is 179 Å². The number of aryl methyl sites for hydroxylation is 1. The third kappa shape index (κ3) is 4.56. The van der Waals surface area contributed by atoms with Gasteiger partial charge in [-0.3, -0.25) is 14.9 Å². The van der Waals surface area contributed by atoms with E-state index in [0.29, 0.717) is 40.0 Å². The van der Waals surface area contributed by atoms with Crippen LogP contribution >= 0.6 is 22.7 Å². The van der Waals surface area contributed by atoms with E-state index in [0.717, 1.165) is 10.7 Å². The molecule has 30 heavy (non-hydrogen) atoms. The van der Waals surface area contributed by atoms with Crippen LogP contribution in [0.15, 0.2) is 47.3 Å². The van der Waals surface area contributed by atoms with E-state index in [4.69, 9.17) is 10.5 Å². The van der Waals surface area contributed by atoms with E-state index < -0.39 is 5.91 Å². The van der Waals surface area contributed by atoms with E-state index >= 15 is 0 Å². The van der Waals surface area contributed by atoms with Crippen molar-refractivity contribution in [1.29, 1.82) is 0 Å². The lowest BCUT2D eigenvalue weighted by Gasteiger charge is -2.07. The van der Waals surface area contributed by atoms with Gasteiger partial charge in [0.25, 0.3) is 11.8 Å². The number of aromatic amines is 1. The van der Waals surface area contributed by atoms with Gasteiger partial charge in [-0.1, -0.05) is 6.07 Å². The summed E-state index contributed by atoms with van der Waals surface area (Å²) in [5.74, 6) is -0.255. The smallest absolute Gasteiger partial charge is 0.265 e. The number of thiazole rings is 2. The fourth-order valence-electron chi connectivity index (χ4n) is 2.68. The topological polar surface area (TPSA) is 123 Å². The Morgan fingerprint density at radius 1 is 1.20 bits per heavy atom. The molecule has 0 radical (unpaired) electrons. The number of hydrogen-bond acceptors (Lipinski definition) is 7. The summed E-state index contributed by atoms with van der Waals surface area (Å²) in [6.07, 6.45) is 1.64. The highest BCUT2D eigenvalue weighted by molar-refractivity contribution is 7.14. The predicted molar refractivity (Wildman–Crippen MR) is 116 cm³/mol. The van der Waals surface area contributed by atoms with Gasteiger partial charge in [0, 0.05) is 28.1 Å². The van der Waals surface area contributed by atoms with Crippen molar-refractivity contribution in [2.24, 2.45) is 5.73 Å². The number of nitrogens with two attached hydrogens (primary N) is 1. The fraction of sp³-hybridized carbons (Fsp3) is 0.100. The molecule has 4 N–H and O–H groups in total. The predicted octanol–water partition coefficient (Wildman–Crippen LogP) is 3.83. The van der Waals surface area contributed by atoms with Crippen LogP contribution in [0.25, 0.3) is 11.3 Å². The van der Waals surface area contributed by atoms with Gasteiger partial charge in [0.2, 0.25) is 0 Å². The quantitative estimate of drug-likeness (QED) is 0.404. The van der Waals surface area contributed by atoms with Gasteiger partial charge in [-0.2, -0.15) is 0 Å². The lowest BCUT2D eigenvalue weighted by Crippen LogP contribution is -2.11. The second kappa shape index (κ2) is 8.47. The standard InChI is InChI=1S/C20H17N5O3S2/c1-11-23-14(9-29-11)8-28-15-4-2-3-12(5-15)19(27)25-20-24-17(10-30-20)13-6-16(18(21)26)22-7-13/h2-7,9-10,22H,8H2,1H3,(H2,21,26)(H,24,25,27). The molecule has 0 bridgehead atoms. The lowest BCUT2D eigenvalue weighted by molar-refractivity contribution is 0.0994. The van der Waals surface area contributed by atoms with Gasteiger partial charge in [0.05, 0.1) is 16.4 Å². The van der Waals surface area contributed by atoms with Gasteiger partial charge in [-0.25, -0.2) is 9.97 Å². The number of nitrogens with one attached hydrogen (secondary N) is 2. The molecule has 0 atom stereocenters. The number of carbonyl (C=O) groups is 2. The van der Waals surface area contributed by atoms with Crippen molar-refractivity contribution in [3.63, 3.8) is 0 Å². The van der Waals surface area contributed by atoms with Crippen LogP contribution in [0, 0.1) is 6.92 Å². The van der Waals surface area contributed by atoms with E-state index in [1.165, 1.54) is 11.3 Å². The van der Waals surface area contributed by atoms with Crippen molar-refractivity contribution < 1.29 is 14.3 Å². The molecular weight excluding hydrogens is 422 g/mol. The first-order valence-corrected chi connectivity index (χ1v) is 10.6. The van der Waals surface area contributed by atoms with Crippen LogP contribution in [0.2, 0.25) is 0 Å². The third-order valence-corrected chi connectivity index (χ3v) is 5.70. The monoisotopic (exact) mass is 439 g/mol. The van der Waals surface area contributed by atoms with E-state index in [2.05, 4.69) is 20.3 Å². The van der Waals surface area contributed by atoms with Crippen LogP contribution < -0.4 is 15.8 Å². The molecule has 152 valence electrons. The van der Waals surface area contributed by atoms with Gasteiger partial charge < -0.3 is 15.5 Å². The second-order valence-corrected chi connectivity index (χ2v) is 8.25. The minimum atomic E-state index is -0.544. The van der Waals surface area contributed by atoms with Gasteiger partial charge in [-0.15, -0.1) is 22.7 Å². The van der Waals surface area contributed by atoms with Crippen molar-refractivity contribution in [3.05, 3.63) is 69.2 Å². The summed E-state index contributed by atoms with van der Waals surface area (Å²) in [5, 5.41) is 7.95. The molecule has 3 aromatic heterocycles. The molecule has 0 unspecified atom stereocenters. The minimum Gasteiger partial charge on any atom is -0.487 e. The number of amides is 2. The molecule has 4 rings (SSSR count). The number of aromatic nitrogens is 3. The van der Waals surface area contributed by atoms with Crippen LogP contribution in [0.4, 0.5) is 5.13 Å². The highest BCUT2D eigenvalue weighted by atomic mass is 32.1. The number of rotatable bonds is 7. The number of ether oxygens (including phenoxy) is 1. The first-order chi connectivity index (χ1) is 14.5. The normalized spacial score (nSPS) is 10.7. The number of nitrogens with zero attached hydrogens (tertiary/aromatic N) is 2. The molecule has 0 aliphatic rings. The molecule has 0 aliphatic heterocycles. The van der Waals surface area contributed by atoms with Crippen LogP contribution in [0.3, 0.4) is 0 Å². The highest BCUT2D eigenvalue weighted by Gasteiger charge is 2.13. The van der Waals surface area contributed by atoms with Crippen LogP contribution in [0.1, 0.15) is 31.5 Å². The average Bonchev–Trinajstić information content (AvgIpc) is 3.47. The molecule has 2 amide bonds. The molecule has 10 heteroatoms. The summed E-state index contributed by atoms with van der Waals surface area (Å²) in [6, 6.07) is 8.55. The molecule has 8 nitrogen and oxygen atoms in total. The fourth-order valence-corrected chi connectivity index (χ4v) is 3.99. The van der Waals surface area contributed by atoms with Gasteiger partial charge >= 0.3 is 0 Å². The SMILES string of the molecule is Cc1nc(COc2cccc(C(=O)Nc3nc(-c4c[nH]c(C(N)=O)c4)cs3)c2)cs1. The minimum absolute atomic E-state index is 0.294. The van der Waals surface area contributed by atoms with E-state index in [1.54, 1.807) is 53.2 Å². The number of carbonyl (C=O) groups excluding carboxylic acids is 2. The maximum atomic E-state index is 12.6. The summed E-state index contributed by atoms with van der Waals surface area (Å²) in [5.41, 5.74) is 8.21. The van der Waals surface area contributed by atoms with E-state index in [-0.39, 0.29) is 5.91 Å². The Morgan fingerprint density at radius 3 is 2.80 bits per heavy atom. The second-order valence-electron chi connectivity index (χ2n) is 6.33. The third-order valence-electron chi connectivity index (χ3n) is 4.12. The molecule has 0 fully saturated rings. The van der Waals surface area contributed by atoms with Crippen molar-refractivity contribution >= 4 is 39.6 Å². The summed E-state index contributed by atoms with van der Waals surface area (Å²) < 4.78 is 5.74. The highest BCUT2D eigenvalue weighted by Crippen LogP contribution is 2.26. The lowest BCUT2D eigenvalue weighted by atomic mass is 10.2. The number of hydrogen-bond donors (Lipinski definition) is 3. The molecule has 0 saturated heterocycles. The number of H-pyrrole nitrogens is 1. The van der Waals surface area contributed by atoms with Gasteiger partial charge in [-0.05, 0) is 31.2 Å². The van der Waals surface area contributed by atoms with Crippen LogP contribution in [-0.2, 0) is 6.61 Å². The molecule has 3 heterocycles. The summed E-state index contributed by atoms with van der Waals surface area (Å²) in [7, 11) is 0. The summed E-state index contributed by atoms with van der Waals surface area (Å²) in [4.78, 5) is 35.4. The van der Waals surface area contributed by atoms with Gasteiger partial charge in [0.1, 0.15) is 18.1 Å². The van der Waals surface area contributed by atoms with E-state index in [9.17, 15) is 9.59 Å². The average molecular weight is 440 g/mol. The molecule has 0 aliphatic carbocycles. The van der Waals surface area contributed by atoms with Crippen molar-refractivity contribution in [2.45, 2.75) is 13.5 Å². The van der Waals surface area contributed by atoms with Crippen molar-refractivity contribution in [3.8, 4) is 17.0 Å². The zero-order valence-corrected chi connectivity index (χ0v) is 17.5. The Morgan fingerprint density at radius 2 is 2.07 bits per heavy atom. The zero-order chi connectivity index (χ0) is 21.1.